The van der Waals surface area contributed by atoms with E-state index in [1.54, 1.807) is 12.1 Å². The standard InChI is InChI=1S/C23H28ClN3O3S/c1-13(2)25-18(28)11-17-12-31-22-26-14(3)19(21(29)30-23(4,5)6)20(27(17)22)15-7-9-16(24)10-8-15/h7-10,12-13,20H,11H2,1-6H3,(H,25,28). The van der Waals surface area contributed by atoms with Gasteiger partial charge in [-0.3, -0.25) is 4.79 Å². The molecule has 166 valence electrons. The average Bonchev–Trinajstić information content (AvgIpc) is 3.01. The summed E-state index contributed by atoms with van der Waals surface area (Å²) in [6.45, 7) is 11.2. The lowest BCUT2D eigenvalue weighted by atomic mass is 9.93. The van der Waals surface area contributed by atoms with Gasteiger partial charge in [0.2, 0.25) is 5.91 Å². The van der Waals surface area contributed by atoms with Gasteiger partial charge < -0.3 is 15.0 Å². The first kappa shape index (κ1) is 23.4. The van der Waals surface area contributed by atoms with Crippen molar-refractivity contribution >= 4 is 40.4 Å². The third kappa shape index (κ3) is 5.52. The van der Waals surface area contributed by atoms with Crippen LogP contribution in [0.15, 0.2) is 51.6 Å². The van der Waals surface area contributed by atoms with Crippen LogP contribution >= 0.6 is 23.4 Å². The number of halogens is 1. The number of aliphatic imine (C=N–C) groups is 1. The summed E-state index contributed by atoms with van der Waals surface area (Å²) in [6, 6.07) is 6.95. The number of carbonyl (C=O) groups excluding carboxylic acids is 2. The third-order valence-corrected chi connectivity index (χ3v) is 5.74. The average molecular weight is 462 g/mol. The lowest BCUT2D eigenvalue weighted by Gasteiger charge is -2.37. The molecule has 0 bridgehead atoms. The van der Waals surface area contributed by atoms with Crippen LogP contribution in [0.3, 0.4) is 0 Å². The zero-order chi connectivity index (χ0) is 22.9. The van der Waals surface area contributed by atoms with Gasteiger partial charge in [0.15, 0.2) is 5.17 Å². The van der Waals surface area contributed by atoms with E-state index < -0.39 is 17.6 Å². The number of amidine groups is 1. The Morgan fingerprint density at radius 3 is 2.48 bits per heavy atom. The van der Waals surface area contributed by atoms with Gasteiger partial charge in [0.25, 0.3) is 0 Å². The van der Waals surface area contributed by atoms with Gasteiger partial charge in [0, 0.05) is 16.8 Å². The van der Waals surface area contributed by atoms with Crippen LogP contribution in [-0.4, -0.2) is 33.6 Å². The summed E-state index contributed by atoms with van der Waals surface area (Å²) in [5.74, 6) is -0.501. The first-order valence-corrected chi connectivity index (χ1v) is 11.4. The number of fused-ring (bicyclic) bond motifs is 1. The zero-order valence-corrected chi connectivity index (χ0v) is 20.2. The molecule has 1 aromatic carbocycles. The van der Waals surface area contributed by atoms with E-state index in [1.807, 2.05) is 64.0 Å². The fourth-order valence-electron chi connectivity index (χ4n) is 3.46. The van der Waals surface area contributed by atoms with Crippen molar-refractivity contribution in [2.45, 2.75) is 65.6 Å². The van der Waals surface area contributed by atoms with Crippen LogP contribution < -0.4 is 5.32 Å². The Labute approximate surface area is 192 Å². The molecule has 1 aromatic rings. The Balaban J connectivity index is 2.04. The van der Waals surface area contributed by atoms with Gasteiger partial charge in [-0.25, -0.2) is 9.79 Å². The fraction of sp³-hybridized carbons (Fsp3) is 0.435. The van der Waals surface area contributed by atoms with Crippen molar-refractivity contribution in [1.82, 2.24) is 10.2 Å². The van der Waals surface area contributed by atoms with E-state index in [4.69, 9.17) is 16.3 Å². The number of allylic oxidation sites excluding steroid dienone is 1. The second-order valence-corrected chi connectivity index (χ2v) is 10.1. The van der Waals surface area contributed by atoms with Gasteiger partial charge >= 0.3 is 5.97 Å². The van der Waals surface area contributed by atoms with Crippen molar-refractivity contribution in [3.8, 4) is 0 Å². The quantitative estimate of drug-likeness (QED) is 0.612. The summed E-state index contributed by atoms with van der Waals surface area (Å²) >= 11 is 7.56. The van der Waals surface area contributed by atoms with E-state index in [2.05, 4.69) is 10.3 Å². The van der Waals surface area contributed by atoms with E-state index in [0.29, 0.717) is 16.3 Å². The molecule has 0 fully saturated rings. The molecule has 2 aliphatic rings. The van der Waals surface area contributed by atoms with Crippen molar-refractivity contribution in [2.75, 3.05) is 0 Å². The number of nitrogens with one attached hydrogen (secondary N) is 1. The van der Waals surface area contributed by atoms with Gasteiger partial charge in [0.05, 0.1) is 23.7 Å². The predicted octanol–water partition coefficient (Wildman–Crippen LogP) is 5.17. The van der Waals surface area contributed by atoms with Gasteiger partial charge in [-0.1, -0.05) is 35.5 Å². The fourth-order valence-corrected chi connectivity index (χ4v) is 4.55. The molecule has 8 heteroatoms. The van der Waals surface area contributed by atoms with Crippen LogP contribution in [0.1, 0.15) is 59.6 Å². The van der Waals surface area contributed by atoms with Crippen molar-refractivity contribution in [3.05, 3.63) is 57.2 Å². The Morgan fingerprint density at radius 1 is 1.26 bits per heavy atom. The maximum absolute atomic E-state index is 13.2. The maximum atomic E-state index is 13.2. The number of benzene rings is 1. The first-order chi connectivity index (χ1) is 14.5. The minimum Gasteiger partial charge on any atom is -0.456 e. The number of esters is 1. The molecule has 1 atom stereocenters. The molecule has 2 heterocycles. The van der Waals surface area contributed by atoms with Crippen molar-refractivity contribution in [3.63, 3.8) is 0 Å². The Hall–Kier alpha value is -2.25. The SMILES string of the molecule is CC1=C(C(=O)OC(C)(C)C)C(c2ccc(Cl)cc2)N2C(CC(=O)NC(C)C)=CSC2=N1. The second kappa shape index (κ2) is 9.09. The number of amides is 1. The summed E-state index contributed by atoms with van der Waals surface area (Å²) in [5, 5.41) is 6.19. The largest absolute Gasteiger partial charge is 0.456 e. The third-order valence-electron chi connectivity index (χ3n) is 4.60. The summed E-state index contributed by atoms with van der Waals surface area (Å²) < 4.78 is 5.72. The summed E-state index contributed by atoms with van der Waals surface area (Å²) in [6.07, 6.45) is 0.189. The first-order valence-electron chi connectivity index (χ1n) is 10.2. The molecular formula is C23H28ClN3O3S. The van der Waals surface area contributed by atoms with Crippen LogP contribution in [0, 0.1) is 0 Å². The molecule has 3 rings (SSSR count). The highest BCUT2D eigenvalue weighted by molar-refractivity contribution is 8.16. The number of rotatable bonds is 5. The van der Waals surface area contributed by atoms with Crippen molar-refractivity contribution in [2.24, 2.45) is 4.99 Å². The van der Waals surface area contributed by atoms with Gasteiger partial charge in [0.1, 0.15) is 5.60 Å². The number of thioether (sulfide) groups is 1. The van der Waals surface area contributed by atoms with Crippen LogP contribution in [0.2, 0.25) is 5.02 Å². The lowest BCUT2D eigenvalue weighted by molar-refractivity contribution is -0.150. The molecule has 31 heavy (non-hydrogen) atoms. The molecule has 0 aromatic heterocycles. The highest BCUT2D eigenvalue weighted by Crippen LogP contribution is 2.45. The lowest BCUT2D eigenvalue weighted by Crippen LogP contribution is -2.39. The Morgan fingerprint density at radius 2 is 1.90 bits per heavy atom. The number of hydrogen-bond acceptors (Lipinski definition) is 6. The smallest absolute Gasteiger partial charge is 0.338 e. The minimum absolute atomic E-state index is 0.0446. The summed E-state index contributed by atoms with van der Waals surface area (Å²) in [5.41, 5.74) is 2.08. The van der Waals surface area contributed by atoms with Crippen LogP contribution in [-0.2, 0) is 14.3 Å². The molecule has 1 N–H and O–H groups in total. The predicted molar refractivity (Wildman–Crippen MR) is 126 cm³/mol. The van der Waals surface area contributed by atoms with E-state index in [1.165, 1.54) is 11.8 Å². The van der Waals surface area contributed by atoms with Gasteiger partial charge in [-0.05, 0) is 64.6 Å². The zero-order valence-electron chi connectivity index (χ0n) is 18.7. The molecule has 0 radical (unpaired) electrons. The van der Waals surface area contributed by atoms with E-state index in [-0.39, 0.29) is 18.4 Å². The highest BCUT2D eigenvalue weighted by Gasteiger charge is 2.41. The van der Waals surface area contributed by atoms with E-state index in [9.17, 15) is 9.59 Å². The number of ether oxygens (including phenoxy) is 1. The molecule has 6 nitrogen and oxygen atoms in total. The topological polar surface area (TPSA) is 71.0 Å². The van der Waals surface area contributed by atoms with Crippen molar-refractivity contribution < 1.29 is 14.3 Å². The van der Waals surface area contributed by atoms with Gasteiger partial charge in [-0.2, -0.15) is 0 Å². The van der Waals surface area contributed by atoms with Crippen LogP contribution in [0.4, 0.5) is 0 Å². The molecule has 1 unspecified atom stereocenters. The van der Waals surface area contributed by atoms with E-state index >= 15 is 0 Å². The number of nitrogens with zero attached hydrogens (tertiary/aromatic N) is 2. The molecule has 0 aliphatic carbocycles. The van der Waals surface area contributed by atoms with Crippen LogP contribution in [0.5, 0.6) is 0 Å². The molecule has 1 amide bonds. The Bertz CT molecular complexity index is 975. The normalized spacial score (nSPS) is 18.6. The van der Waals surface area contributed by atoms with Crippen molar-refractivity contribution in [1.29, 1.82) is 0 Å². The summed E-state index contributed by atoms with van der Waals surface area (Å²) in [4.78, 5) is 32.3. The molecule has 0 spiro atoms. The second-order valence-electron chi connectivity index (χ2n) is 8.85. The van der Waals surface area contributed by atoms with Crippen LogP contribution in [0.25, 0.3) is 0 Å². The molecule has 0 saturated carbocycles. The Kier molecular flexibility index (Phi) is 6.86. The molecule has 2 aliphatic heterocycles. The molecular weight excluding hydrogens is 434 g/mol. The monoisotopic (exact) mass is 461 g/mol. The van der Waals surface area contributed by atoms with E-state index in [0.717, 1.165) is 16.4 Å². The number of hydrogen-bond donors (Lipinski definition) is 1. The summed E-state index contributed by atoms with van der Waals surface area (Å²) in [7, 11) is 0. The number of carbonyl (C=O) groups is 2. The maximum Gasteiger partial charge on any atom is 0.338 e. The molecule has 0 saturated heterocycles. The highest BCUT2D eigenvalue weighted by atomic mass is 35.5. The minimum atomic E-state index is -0.644. The van der Waals surface area contributed by atoms with Gasteiger partial charge in [-0.15, -0.1) is 0 Å².